The van der Waals surface area contributed by atoms with E-state index in [1.165, 1.54) is 0 Å². The van der Waals surface area contributed by atoms with Crippen molar-refractivity contribution in [2.45, 2.75) is 58.5 Å². The maximum absolute atomic E-state index is 11.2. The predicted octanol–water partition coefficient (Wildman–Crippen LogP) is 7.59. The largest absolute Gasteiger partial charge is 0.481 e. The zero-order valence-electron chi connectivity index (χ0n) is 23.0. The molecule has 0 fully saturated rings. The number of halogens is 2. The SMILES string of the molecule is CCCCN(CCCC)CC(O)c1cc(-c2ccc(Cl)cc2)nc(-c2ccc(Cl)cc2)c1.O=C(O)CCC(=O)O. The first-order chi connectivity index (χ1) is 19.1. The van der Waals surface area contributed by atoms with E-state index in [1.807, 2.05) is 60.7 Å². The van der Waals surface area contributed by atoms with Gasteiger partial charge in [0.15, 0.2) is 0 Å². The van der Waals surface area contributed by atoms with E-state index in [1.54, 1.807) is 0 Å². The summed E-state index contributed by atoms with van der Waals surface area (Å²) >= 11 is 12.2. The summed E-state index contributed by atoms with van der Waals surface area (Å²) in [7, 11) is 0. The molecule has 1 unspecified atom stereocenters. The molecule has 0 saturated heterocycles. The van der Waals surface area contributed by atoms with Crippen LogP contribution in [0.5, 0.6) is 0 Å². The third-order valence-electron chi connectivity index (χ3n) is 6.15. The Morgan fingerprint density at radius 2 is 1.18 bits per heavy atom. The van der Waals surface area contributed by atoms with E-state index < -0.39 is 18.0 Å². The molecule has 1 heterocycles. The van der Waals surface area contributed by atoms with E-state index >= 15 is 0 Å². The number of nitrogens with zero attached hydrogens (tertiary/aromatic N) is 2. The van der Waals surface area contributed by atoms with Gasteiger partial charge >= 0.3 is 11.9 Å². The average molecular weight is 590 g/mol. The Hall–Kier alpha value is -2.97. The quantitative estimate of drug-likeness (QED) is 0.178. The Balaban J connectivity index is 0.000000611. The molecule has 0 amide bonds. The second-order valence-corrected chi connectivity index (χ2v) is 10.4. The minimum Gasteiger partial charge on any atom is -0.481 e. The summed E-state index contributed by atoms with van der Waals surface area (Å²) in [6.07, 6.45) is 3.39. The molecule has 0 saturated carbocycles. The summed E-state index contributed by atoms with van der Waals surface area (Å²) in [5, 5.41) is 28.4. The van der Waals surface area contributed by atoms with Crippen molar-refractivity contribution in [2.75, 3.05) is 19.6 Å². The zero-order valence-corrected chi connectivity index (χ0v) is 24.5. The minimum atomic E-state index is -1.08. The third-order valence-corrected chi connectivity index (χ3v) is 6.66. The van der Waals surface area contributed by atoms with Crippen molar-refractivity contribution in [3.05, 3.63) is 76.3 Å². The Morgan fingerprint density at radius 3 is 1.52 bits per heavy atom. The van der Waals surface area contributed by atoms with Gasteiger partial charge in [-0.05, 0) is 67.9 Å². The van der Waals surface area contributed by atoms with Gasteiger partial charge < -0.3 is 20.2 Å². The molecule has 3 rings (SSSR count). The first kappa shape index (κ1) is 33.2. The van der Waals surface area contributed by atoms with Crippen LogP contribution in [0.1, 0.15) is 64.0 Å². The molecule has 0 aliphatic heterocycles. The monoisotopic (exact) mass is 588 g/mol. The molecule has 9 heteroatoms. The van der Waals surface area contributed by atoms with Gasteiger partial charge in [0.2, 0.25) is 0 Å². The molecule has 3 aromatic rings. The molecule has 2 aromatic carbocycles. The number of aromatic nitrogens is 1. The molecule has 0 aliphatic rings. The van der Waals surface area contributed by atoms with Crippen molar-refractivity contribution < 1.29 is 24.9 Å². The molecular formula is C31H38Cl2N2O5. The highest BCUT2D eigenvalue weighted by molar-refractivity contribution is 6.30. The average Bonchev–Trinajstić information content (AvgIpc) is 2.94. The van der Waals surface area contributed by atoms with E-state index in [2.05, 4.69) is 18.7 Å². The fraction of sp³-hybridized carbons (Fsp3) is 0.387. The van der Waals surface area contributed by atoms with Crippen LogP contribution in [0.4, 0.5) is 0 Å². The van der Waals surface area contributed by atoms with Crippen molar-refractivity contribution >= 4 is 35.1 Å². The smallest absolute Gasteiger partial charge is 0.303 e. The Labute approximate surface area is 246 Å². The van der Waals surface area contributed by atoms with Gasteiger partial charge in [-0.2, -0.15) is 0 Å². The van der Waals surface area contributed by atoms with Crippen LogP contribution >= 0.6 is 23.2 Å². The lowest BCUT2D eigenvalue weighted by Crippen LogP contribution is -2.30. The molecular weight excluding hydrogens is 551 g/mol. The van der Waals surface area contributed by atoms with Crippen LogP contribution in [0.2, 0.25) is 10.0 Å². The van der Waals surface area contributed by atoms with E-state index in [9.17, 15) is 14.7 Å². The lowest BCUT2D eigenvalue weighted by Gasteiger charge is -2.25. The number of hydrogen-bond acceptors (Lipinski definition) is 5. The van der Waals surface area contributed by atoms with Crippen LogP contribution in [-0.2, 0) is 9.59 Å². The number of carboxylic acid groups (broad SMARTS) is 2. The number of unbranched alkanes of at least 4 members (excludes halogenated alkanes) is 2. The van der Waals surface area contributed by atoms with Gasteiger partial charge in [-0.25, -0.2) is 4.98 Å². The molecule has 3 N–H and O–H groups in total. The Morgan fingerprint density at radius 1 is 0.775 bits per heavy atom. The van der Waals surface area contributed by atoms with Crippen LogP contribution in [0.3, 0.4) is 0 Å². The van der Waals surface area contributed by atoms with Crippen molar-refractivity contribution in [2.24, 2.45) is 0 Å². The van der Waals surface area contributed by atoms with Gasteiger partial charge in [-0.3, -0.25) is 9.59 Å². The number of carbonyl (C=O) groups is 2. The maximum atomic E-state index is 11.2. The molecule has 7 nitrogen and oxygen atoms in total. The van der Waals surface area contributed by atoms with E-state index in [-0.39, 0.29) is 12.8 Å². The number of carboxylic acids is 2. The van der Waals surface area contributed by atoms with E-state index in [4.69, 9.17) is 38.4 Å². The summed E-state index contributed by atoms with van der Waals surface area (Å²) in [4.78, 5) is 26.5. The van der Waals surface area contributed by atoms with Crippen molar-refractivity contribution in [1.82, 2.24) is 9.88 Å². The van der Waals surface area contributed by atoms with Crippen molar-refractivity contribution in [1.29, 1.82) is 0 Å². The van der Waals surface area contributed by atoms with Crippen LogP contribution in [0.15, 0.2) is 60.7 Å². The number of rotatable bonds is 14. The van der Waals surface area contributed by atoms with Crippen LogP contribution < -0.4 is 0 Å². The number of aliphatic hydroxyl groups excluding tert-OH is 1. The number of hydrogen-bond donors (Lipinski definition) is 3. The third kappa shape index (κ3) is 12.0. The summed E-state index contributed by atoms with van der Waals surface area (Å²) in [6.45, 7) is 7.03. The summed E-state index contributed by atoms with van der Waals surface area (Å²) in [5.41, 5.74) is 4.43. The summed E-state index contributed by atoms with van der Waals surface area (Å²) < 4.78 is 0. The van der Waals surface area contributed by atoms with Gasteiger partial charge in [-0.15, -0.1) is 0 Å². The van der Waals surface area contributed by atoms with Crippen molar-refractivity contribution in [3.8, 4) is 22.5 Å². The molecule has 0 radical (unpaired) electrons. The number of aliphatic hydroxyl groups is 1. The van der Waals surface area contributed by atoms with Crippen LogP contribution in [0.25, 0.3) is 22.5 Å². The van der Waals surface area contributed by atoms with Gasteiger partial charge in [0.05, 0.1) is 30.3 Å². The van der Waals surface area contributed by atoms with Gasteiger partial charge in [-0.1, -0.05) is 74.2 Å². The van der Waals surface area contributed by atoms with Crippen LogP contribution in [-0.4, -0.2) is 56.8 Å². The Bertz CT molecular complexity index is 1120. The highest BCUT2D eigenvalue weighted by atomic mass is 35.5. The lowest BCUT2D eigenvalue weighted by atomic mass is 10.0. The molecule has 0 aliphatic carbocycles. The second-order valence-electron chi connectivity index (χ2n) is 9.50. The standard InChI is InChI=1S/C27H32Cl2N2O.C4H6O4/c1-3-5-15-31(16-6-4-2)19-27(32)22-17-25(20-7-11-23(28)12-8-20)30-26(18-22)21-9-13-24(29)14-10-21;5-3(6)1-2-4(7)8/h7-14,17-18,27,32H,3-6,15-16,19H2,1-2H3;1-2H2,(H,5,6)(H,7,8). The minimum absolute atomic E-state index is 0.296. The molecule has 1 aromatic heterocycles. The number of aliphatic carboxylic acids is 2. The number of benzene rings is 2. The number of pyridine rings is 1. The summed E-state index contributed by atoms with van der Waals surface area (Å²) in [5.74, 6) is -2.15. The van der Waals surface area contributed by atoms with Gasteiger partial charge in [0, 0.05) is 27.7 Å². The molecule has 216 valence electrons. The highest BCUT2D eigenvalue weighted by Crippen LogP contribution is 2.29. The van der Waals surface area contributed by atoms with Gasteiger partial charge in [0.1, 0.15) is 0 Å². The highest BCUT2D eigenvalue weighted by Gasteiger charge is 2.17. The van der Waals surface area contributed by atoms with Crippen molar-refractivity contribution in [3.63, 3.8) is 0 Å². The Kier molecular flexibility index (Phi) is 14.7. The fourth-order valence-electron chi connectivity index (χ4n) is 3.90. The maximum Gasteiger partial charge on any atom is 0.303 e. The first-order valence-corrected chi connectivity index (χ1v) is 14.3. The normalized spacial score (nSPS) is 11.6. The predicted molar refractivity (Wildman–Crippen MR) is 161 cm³/mol. The topological polar surface area (TPSA) is 111 Å². The second kappa shape index (κ2) is 17.7. The molecule has 0 bridgehead atoms. The molecule has 1 atom stereocenters. The first-order valence-electron chi connectivity index (χ1n) is 13.5. The fourth-order valence-corrected chi connectivity index (χ4v) is 4.15. The lowest BCUT2D eigenvalue weighted by molar-refractivity contribution is -0.143. The van der Waals surface area contributed by atoms with Gasteiger partial charge in [0.25, 0.3) is 0 Å². The molecule has 40 heavy (non-hydrogen) atoms. The zero-order chi connectivity index (χ0) is 29.5. The van der Waals surface area contributed by atoms with E-state index in [0.717, 1.165) is 66.9 Å². The summed E-state index contributed by atoms with van der Waals surface area (Å²) in [6, 6.07) is 19.3. The molecule has 0 spiro atoms. The van der Waals surface area contributed by atoms with E-state index in [0.29, 0.717) is 16.6 Å². The van der Waals surface area contributed by atoms with Crippen LogP contribution in [0, 0.1) is 0 Å².